The van der Waals surface area contributed by atoms with E-state index in [2.05, 4.69) is 81.5 Å². The summed E-state index contributed by atoms with van der Waals surface area (Å²) in [5, 5.41) is 0. The maximum absolute atomic E-state index is 12.8. The molecule has 0 N–H and O–H groups in total. The van der Waals surface area contributed by atoms with E-state index in [9.17, 15) is 14.4 Å². The Labute approximate surface area is 424 Å². The Morgan fingerprint density at radius 3 is 1.12 bits per heavy atom. The summed E-state index contributed by atoms with van der Waals surface area (Å²) in [5.41, 5.74) is 0. The van der Waals surface area contributed by atoms with Gasteiger partial charge in [-0.15, -0.1) is 0 Å². The molecule has 0 amide bonds. The zero-order valence-corrected chi connectivity index (χ0v) is 44.3. The minimum Gasteiger partial charge on any atom is -0.462 e. The van der Waals surface area contributed by atoms with Crippen molar-refractivity contribution < 1.29 is 28.6 Å². The lowest BCUT2D eigenvalue weighted by molar-refractivity contribution is -0.166. The van der Waals surface area contributed by atoms with Crippen molar-refractivity contribution in [2.75, 3.05) is 13.2 Å². The van der Waals surface area contributed by atoms with Gasteiger partial charge in [-0.25, -0.2) is 0 Å². The fraction of sp³-hybridized carbons (Fsp3) is 0.603. The van der Waals surface area contributed by atoms with E-state index in [0.717, 1.165) is 77.0 Å². The molecule has 0 aliphatic rings. The molecule has 0 aromatic carbocycles. The van der Waals surface area contributed by atoms with E-state index in [1.807, 2.05) is 72.9 Å². The lowest BCUT2D eigenvalue weighted by Gasteiger charge is -2.18. The van der Waals surface area contributed by atoms with Gasteiger partial charge >= 0.3 is 17.9 Å². The molecule has 6 heteroatoms. The standard InChI is InChI=1S/C63H100O6/c1-4-7-10-13-16-19-22-25-28-31-33-35-38-41-44-47-50-53-56-62(65)68-59-60(58-67-61(64)55-52-49-46-43-40-37-34-30-27-24-21-18-15-12-9-6-3)69-63(66)57-54-51-48-45-42-39-36-32-29-26-23-20-17-14-11-8-5-2/h8-9,11-12,14,17-18,20-21,23,26-27,29-30,32,36-37,39-40,42,46,49,60H,4-7,10,13,15-16,19,22,24-25,28,31,33-35,38,41,43-45,47-48,50-59H2,1-3H3/b11-8-,12-9-,17-14-,21-18-,23-20-,29-26-,30-27-,36-32+,40-37-,42-39-,49-46-. The van der Waals surface area contributed by atoms with Crippen LogP contribution >= 0.6 is 0 Å². The van der Waals surface area contributed by atoms with E-state index < -0.39 is 6.10 Å². The summed E-state index contributed by atoms with van der Waals surface area (Å²) in [6.45, 7) is 6.28. The third kappa shape index (κ3) is 54.4. The Kier molecular flexibility index (Phi) is 52.5. The van der Waals surface area contributed by atoms with Crippen LogP contribution in [0.3, 0.4) is 0 Å². The number of hydrogen-bond acceptors (Lipinski definition) is 6. The first-order valence-electron chi connectivity index (χ1n) is 27.8. The molecule has 1 unspecified atom stereocenters. The quantitative estimate of drug-likeness (QED) is 0.0199. The molecule has 0 saturated heterocycles. The monoisotopic (exact) mass is 953 g/mol. The lowest BCUT2D eigenvalue weighted by atomic mass is 10.0. The van der Waals surface area contributed by atoms with Gasteiger partial charge in [0.05, 0.1) is 0 Å². The van der Waals surface area contributed by atoms with Gasteiger partial charge in [0.1, 0.15) is 13.2 Å². The lowest BCUT2D eigenvalue weighted by Crippen LogP contribution is -2.30. The molecule has 0 bridgehead atoms. The molecule has 1 atom stereocenters. The summed E-state index contributed by atoms with van der Waals surface area (Å²) in [6, 6.07) is 0. The minimum absolute atomic E-state index is 0.122. The molecule has 0 spiro atoms. The van der Waals surface area contributed by atoms with Gasteiger partial charge in [-0.2, -0.15) is 0 Å². The van der Waals surface area contributed by atoms with Crippen molar-refractivity contribution in [2.24, 2.45) is 0 Å². The molecule has 0 aromatic heterocycles. The van der Waals surface area contributed by atoms with Gasteiger partial charge in [-0.1, -0.05) is 270 Å². The van der Waals surface area contributed by atoms with Gasteiger partial charge in [0.15, 0.2) is 6.10 Å². The minimum atomic E-state index is -0.835. The summed E-state index contributed by atoms with van der Waals surface area (Å²) in [6.07, 6.45) is 78.8. The number of carbonyl (C=O) groups is 3. The largest absolute Gasteiger partial charge is 0.462 e. The molecule has 0 aromatic rings. The average Bonchev–Trinajstić information content (AvgIpc) is 3.35. The van der Waals surface area contributed by atoms with Gasteiger partial charge in [0.25, 0.3) is 0 Å². The van der Waals surface area contributed by atoms with E-state index in [4.69, 9.17) is 14.2 Å². The van der Waals surface area contributed by atoms with Crippen LogP contribution in [0.5, 0.6) is 0 Å². The number of rotatable bonds is 48. The van der Waals surface area contributed by atoms with Crippen molar-refractivity contribution in [1.82, 2.24) is 0 Å². The molecular weight excluding hydrogens is 853 g/mol. The summed E-state index contributed by atoms with van der Waals surface area (Å²) < 4.78 is 16.7. The Balaban J connectivity index is 4.57. The van der Waals surface area contributed by atoms with Crippen LogP contribution in [0, 0.1) is 0 Å². The molecule has 0 aliphatic heterocycles. The Hall–Kier alpha value is -4.45. The van der Waals surface area contributed by atoms with Crippen molar-refractivity contribution >= 4 is 17.9 Å². The third-order valence-corrected chi connectivity index (χ3v) is 11.3. The van der Waals surface area contributed by atoms with E-state index in [0.29, 0.717) is 19.3 Å². The van der Waals surface area contributed by atoms with Crippen LogP contribution in [0.2, 0.25) is 0 Å². The van der Waals surface area contributed by atoms with Crippen LogP contribution in [-0.4, -0.2) is 37.2 Å². The van der Waals surface area contributed by atoms with Crippen LogP contribution in [0.15, 0.2) is 134 Å². The number of esters is 3. The second-order valence-corrected chi connectivity index (χ2v) is 17.9. The summed E-state index contributed by atoms with van der Waals surface area (Å²) >= 11 is 0. The normalized spacial score (nSPS) is 13.1. The number of carbonyl (C=O) groups excluding carboxylic acids is 3. The third-order valence-electron chi connectivity index (χ3n) is 11.3. The highest BCUT2D eigenvalue weighted by molar-refractivity contribution is 5.71. The van der Waals surface area contributed by atoms with E-state index >= 15 is 0 Å². The number of hydrogen-bond donors (Lipinski definition) is 0. The van der Waals surface area contributed by atoms with Gasteiger partial charge in [-0.05, 0) is 70.6 Å². The Morgan fingerprint density at radius 1 is 0.319 bits per heavy atom. The van der Waals surface area contributed by atoms with Crippen molar-refractivity contribution in [2.45, 2.75) is 232 Å². The van der Waals surface area contributed by atoms with Crippen LogP contribution in [0.4, 0.5) is 0 Å². The highest BCUT2D eigenvalue weighted by atomic mass is 16.6. The van der Waals surface area contributed by atoms with Gasteiger partial charge in [-0.3, -0.25) is 14.4 Å². The molecule has 0 rings (SSSR count). The predicted molar refractivity (Wildman–Crippen MR) is 297 cm³/mol. The first-order valence-corrected chi connectivity index (χ1v) is 27.8. The molecule has 0 radical (unpaired) electrons. The topological polar surface area (TPSA) is 78.9 Å². The average molecular weight is 953 g/mol. The number of ether oxygens (including phenoxy) is 3. The molecular formula is C63H100O6. The van der Waals surface area contributed by atoms with Crippen molar-refractivity contribution in [3.63, 3.8) is 0 Å². The zero-order chi connectivity index (χ0) is 50.0. The van der Waals surface area contributed by atoms with Gasteiger partial charge < -0.3 is 14.2 Å². The van der Waals surface area contributed by atoms with Crippen LogP contribution < -0.4 is 0 Å². The van der Waals surface area contributed by atoms with E-state index in [-0.39, 0.29) is 44.0 Å². The maximum Gasteiger partial charge on any atom is 0.306 e. The summed E-state index contributed by atoms with van der Waals surface area (Å²) in [7, 11) is 0. The summed E-state index contributed by atoms with van der Waals surface area (Å²) in [5.74, 6) is -1.06. The van der Waals surface area contributed by atoms with Crippen molar-refractivity contribution in [3.05, 3.63) is 134 Å². The number of allylic oxidation sites excluding steroid dienone is 22. The second-order valence-electron chi connectivity index (χ2n) is 17.9. The smallest absolute Gasteiger partial charge is 0.306 e. The fourth-order valence-corrected chi connectivity index (χ4v) is 7.23. The molecule has 0 saturated carbocycles. The van der Waals surface area contributed by atoms with Crippen LogP contribution in [0.25, 0.3) is 0 Å². The van der Waals surface area contributed by atoms with Crippen molar-refractivity contribution in [3.8, 4) is 0 Å². The zero-order valence-electron chi connectivity index (χ0n) is 44.3. The Morgan fingerprint density at radius 2 is 0.667 bits per heavy atom. The molecule has 6 nitrogen and oxygen atoms in total. The highest BCUT2D eigenvalue weighted by Crippen LogP contribution is 2.15. The second kappa shape index (κ2) is 56.1. The molecule has 69 heavy (non-hydrogen) atoms. The molecule has 388 valence electrons. The predicted octanol–water partition coefficient (Wildman–Crippen LogP) is 18.6. The van der Waals surface area contributed by atoms with E-state index in [1.165, 1.54) is 96.3 Å². The summed E-state index contributed by atoms with van der Waals surface area (Å²) in [4.78, 5) is 38.1. The van der Waals surface area contributed by atoms with Crippen LogP contribution in [-0.2, 0) is 28.6 Å². The molecule has 0 aliphatic carbocycles. The first-order chi connectivity index (χ1) is 34.0. The molecule has 0 heterocycles. The van der Waals surface area contributed by atoms with Crippen molar-refractivity contribution in [1.29, 1.82) is 0 Å². The Bertz CT molecular complexity index is 1510. The number of unbranched alkanes of at least 4 members (excludes halogenated alkanes) is 20. The van der Waals surface area contributed by atoms with E-state index in [1.54, 1.807) is 0 Å². The van der Waals surface area contributed by atoms with Crippen LogP contribution in [0.1, 0.15) is 226 Å². The highest BCUT2D eigenvalue weighted by Gasteiger charge is 2.19. The van der Waals surface area contributed by atoms with Gasteiger partial charge in [0, 0.05) is 19.3 Å². The first kappa shape index (κ1) is 64.5. The van der Waals surface area contributed by atoms with Gasteiger partial charge in [0.2, 0.25) is 0 Å². The SMILES string of the molecule is CC\C=C/C=C\C=C/C=C\C=C\C=C/CCCCCC(=O)OC(COC(=O)CC/C=C\C/C=C\C/C=C\C/C=C\C/C=C\CC)COC(=O)CCCCCCCCCCCCCCCCCCCC. The fourth-order valence-electron chi connectivity index (χ4n) is 7.23. The maximum atomic E-state index is 12.8. The molecule has 0 fully saturated rings.